The Morgan fingerprint density at radius 2 is 1.89 bits per heavy atom. The number of thiophene rings is 1. The molecule has 0 aromatic carbocycles. The molecular weight excluding hydrogens is 260 g/mol. The molecule has 0 spiro atoms. The standard InChI is InChI=1S/C14H24N2O2S/c1-9-5-6-19-14(9)13(10(2)15)16-7-11(17-3)12(8-16)18-4/h5-6,10-13H,7-8,15H2,1-4H3. The second kappa shape index (κ2) is 6.33. The Bertz CT molecular complexity index is 396. The van der Waals surface area contributed by atoms with E-state index < -0.39 is 0 Å². The summed E-state index contributed by atoms with van der Waals surface area (Å²) >= 11 is 1.79. The van der Waals surface area contributed by atoms with Crippen LogP contribution >= 0.6 is 11.3 Å². The van der Waals surface area contributed by atoms with Crippen molar-refractivity contribution in [3.63, 3.8) is 0 Å². The highest BCUT2D eigenvalue weighted by molar-refractivity contribution is 7.10. The SMILES string of the molecule is COC1CN(C(c2sccc2C)C(C)N)CC1OC. The minimum absolute atomic E-state index is 0.0884. The molecule has 19 heavy (non-hydrogen) atoms. The highest BCUT2D eigenvalue weighted by Crippen LogP contribution is 2.34. The second-order valence-corrected chi connectivity index (χ2v) is 6.22. The van der Waals surface area contributed by atoms with Gasteiger partial charge in [-0.1, -0.05) is 0 Å². The molecule has 2 heterocycles. The van der Waals surface area contributed by atoms with E-state index in [0.29, 0.717) is 0 Å². The average molecular weight is 284 g/mol. The molecule has 1 aliphatic heterocycles. The summed E-state index contributed by atoms with van der Waals surface area (Å²) in [6, 6.07) is 2.50. The Balaban J connectivity index is 2.20. The van der Waals surface area contributed by atoms with E-state index in [1.807, 2.05) is 0 Å². The third-order valence-electron chi connectivity index (χ3n) is 3.91. The van der Waals surface area contributed by atoms with Gasteiger partial charge in [0.1, 0.15) is 0 Å². The molecule has 4 atom stereocenters. The summed E-state index contributed by atoms with van der Waals surface area (Å²) in [7, 11) is 3.49. The molecule has 0 bridgehead atoms. The first kappa shape index (κ1) is 14.9. The topological polar surface area (TPSA) is 47.7 Å². The van der Waals surface area contributed by atoms with Gasteiger partial charge in [0.15, 0.2) is 0 Å². The van der Waals surface area contributed by atoms with Crippen molar-refractivity contribution in [2.24, 2.45) is 5.73 Å². The quantitative estimate of drug-likeness (QED) is 0.895. The highest BCUT2D eigenvalue weighted by atomic mass is 32.1. The number of hydrogen-bond acceptors (Lipinski definition) is 5. The Morgan fingerprint density at radius 3 is 2.26 bits per heavy atom. The number of nitrogens with zero attached hydrogens (tertiary/aromatic N) is 1. The maximum absolute atomic E-state index is 6.23. The third-order valence-corrected chi connectivity index (χ3v) is 5.00. The van der Waals surface area contributed by atoms with Crippen molar-refractivity contribution in [3.8, 4) is 0 Å². The van der Waals surface area contributed by atoms with Crippen molar-refractivity contribution in [1.29, 1.82) is 0 Å². The monoisotopic (exact) mass is 284 g/mol. The Hall–Kier alpha value is -0.460. The molecule has 108 valence electrons. The van der Waals surface area contributed by atoms with Crippen molar-refractivity contribution < 1.29 is 9.47 Å². The van der Waals surface area contributed by atoms with Crippen LogP contribution in [-0.2, 0) is 9.47 Å². The van der Waals surface area contributed by atoms with E-state index in [1.54, 1.807) is 25.6 Å². The van der Waals surface area contributed by atoms with Gasteiger partial charge in [0, 0.05) is 38.2 Å². The Kier molecular flexibility index (Phi) is 4.97. The van der Waals surface area contributed by atoms with Crippen molar-refractivity contribution in [3.05, 3.63) is 21.9 Å². The van der Waals surface area contributed by atoms with Crippen LogP contribution in [-0.4, -0.2) is 50.5 Å². The van der Waals surface area contributed by atoms with Gasteiger partial charge in [-0.2, -0.15) is 0 Å². The van der Waals surface area contributed by atoms with Crippen molar-refractivity contribution >= 4 is 11.3 Å². The van der Waals surface area contributed by atoms with Crippen LogP contribution in [0.25, 0.3) is 0 Å². The van der Waals surface area contributed by atoms with Gasteiger partial charge in [0.25, 0.3) is 0 Å². The van der Waals surface area contributed by atoms with Crippen molar-refractivity contribution in [1.82, 2.24) is 4.90 Å². The van der Waals surface area contributed by atoms with E-state index >= 15 is 0 Å². The van der Waals surface area contributed by atoms with Crippen LogP contribution in [0.3, 0.4) is 0 Å². The predicted molar refractivity (Wildman–Crippen MR) is 78.6 cm³/mol. The van der Waals surface area contributed by atoms with E-state index in [9.17, 15) is 0 Å². The number of rotatable bonds is 5. The van der Waals surface area contributed by atoms with Gasteiger partial charge in [-0.25, -0.2) is 0 Å². The first-order chi connectivity index (χ1) is 9.08. The molecule has 0 radical (unpaired) electrons. The average Bonchev–Trinajstić information content (AvgIpc) is 2.96. The second-order valence-electron chi connectivity index (χ2n) is 5.27. The summed E-state index contributed by atoms with van der Waals surface area (Å²) in [4.78, 5) is 3.76. The molecule has 1 fully saturated rings. The zero-order valence-electron chi connectivity index (χ0n) is 12.1. The van der Waals surface area contributed by atoms with Gasteiger partial charge in [-0.05, 0) is 30.9 Å². The summed E-state index contributed by atoms with van der Waals surface area (Å²) in [6.07, 6.45) is 0.262. The van der Waals surface area contributed by atoms with Crippen LogP contribution in [0.4, 0.5) is 0 Å². The lowest BCUT2D eigenvalue weighted by atomic mass is 10.0. The minimum Gasteiger partial charge on any atom is -0.377 e. The lowest BCUT2D eigenvalue weighted by Crippen LogP contribution is -2.39. The van der Waals surface area contributed by atoms with E-state index in [4.69, 9.17) is 15.2 Å². The summed E-state index contributed by atoms with van der Waals surface area (Å²) in [5.74, 6) is 0. The van der Waals surface area contributed by atoms with E-state index in [1.165, 1.54) is 10.4 Å². The molecule has 4 unspecified atom stereocenters. The number of nitrogens with two attached hydrogens (primary N) is 1. The van der Waals surface area contributed by atoms with E-state index in [2.05, 4.69) is 30.2 Å². The summed E-state index contributed by atoms with van der Waals surface area (Å²) in [5, 5.41) is 2.14. The molecule has 0 saturated carbocycles. The molecule has 0 amide bonds. The molecule has 1 aromatic heterocycles. The van der Waals surface area contributed by atoms with Gasteiger partial charge in [-0.15, -0.1) is 11.3 Å². The molecule has 1 aliphatic rings. The number of ether oxygens (including phenoxy) is 2. The lowest BCUT2D eigenvalue weighted by Gasteiger charge is -2.30. The maximum Gasteiger partial charge on any atom is 0.0972 e. The summed E-state index contributed by atoms with van der Waals surface area (Å²) in [5.41, 5.74) is 7.56. The van der Waals surface area contributed by atoms with Crippen LogP contribution in [0.1, 0.15) is 23.4 Å². The number of methoxy groups -OCH3 is 2. The molecule has 2 N–H and O–H groups in total. The number of hydrogen-bond donors (Lipinski definition) is 1. The first-order valence-corrected chi connectivity index (χ1v) is 7.55. The largest absolute Gasteiger partial charge is 0.377 e. The van der Waals surface area contributed by atoms with Crippen LogP contribution < -0.4 is 5.73 Å². The van der Waals surface area contributed by atoms with Gasteiger partial charge in [0.2, 0.25) is 0 Å². The van der Waals surface area contributed by atoms with Crippen LogP contribution in [0, 0.1) is 6.92 Å². The fraction of sp³-hybridized carbons (Fsp3) is 0.714. The summed E-state index contributed by atoms with van der Waals surface area (Å²) < 4.78 is 11.0. The fourth-order valence-electron chi connectivity index (χ4n) is 2.88. The van der Waals surface area contributed by atoms with E-state index in [-0.39, 0.29) is 24.3 Å². The maximum atomic E-state index is 6.23. The van der Waals surface area contributed by atoms with Gasteiger partial charge >= 0.3 is 0 Å². The van der Waals surface area contributed by atoms with Crippen LogP contribution in [0.5, 0.6) is 0 Å². The predicted octanol–water partition coefficient (Wildman–Crippen LogP) is 1.79. The van der Waals surface area contributed by atoms with Gasteiger partial charge in [-0.3, -0.25) is 4.90 Å². The molecule has 2 rings (SSSR count). The number of likely N-dealkylation sites (tertiary alicyclic amines) is 1. The number of aryl methyl sites for hydroxylation is 1. The molecular formula is C14H24N2O2S. The first-order valence-electron chi connectivity index (χ1n) is 6.67. The third kappa shape index (κ3) is 3.01. The highest BCUT2D eigenvalue weighted by Gasteiger charge is 2.38. The molecule has 1 aromatic rings. The Morgan fingerprint density at radius 1 is 1.32 bits per heavy atom. The van der Waals surface area contributed by atoms with E-state index in [0.717, 1.165) is 13.1 Å². The lowest BCUT2D eigenvalue weighted by molar-refractivity contribution is -0.00461. The van der Waals surface area contributed by atoms with Gasteiger partial charge < -0.3 is 15.2 Å². The van der Waals surface area contributed by atoms with Crippen molar-refractivity contribution in [2.75, 3.05) is 27.3 Å². The fourth-order valence-corrected chi connectivity index (χ4v) is 4.05. The zero-order chi connectivity index (χ0) is 14.0. The van der Waals surface area contributed by atoms with Crippen molar-refractivity contribution in [2.45, 2.75) is 38.1 Å². The Labute approximate surface area is 119 Å². The molecule has 4 nitrogen and oxygen atoms in total. The van der Waals surface area contributed by atoms with Crippen LogP contribution in [0.2, 0.25) is 0 Å². The smallest absolute Gasteiger partial charge is 0.0972 e. The van der Waals surface area contributed by atoms with Gasteiger partial charge in [0.05, 0.1) is 18.2 Å². The molecule has 1 saturated heterocycles. The minimum atomic E-state index is 0.0884. The van der Waals surface area contributed by atoms with Crippen LogP contribution in [0.15, 0.2) is 11.4 Å². The normalized spacial score (nSPS) is 27.6. The zero-order valence-corrected chi connectivity index (χ0v) is 12.9. The summed E-state index contributed by atoms with van der Waals surface area (Å²) in [6.45, 7) is 5.97. The molecule has 0 aliphatic carbocycles. The molecule has 5 heteroatoms.